The number of anilines is 1. The van der Waals surface area contributed by atoms with Crippen molar-refractivity contribution in [2.75, 3.05) is 11.8 Å². The zero-order chi connectivity index (χ0) is 23.6. The van der Waals surface area contributed by atoms with Crippen LogP contribution in [0.1, 0.15) is 30.5 Å². The predicted octanol–water partition coefficient (Wildman–Crippen LogP) is 4.33. The summed E-state index contributed by atoms with van der Waals surface area (Å²) in [5.41, 5.74) is 2.80. The van der Waals surface area contributed by atoms with Crippen LogP contribution in [0.3, 0.4) is 0 Å². The Bertz CT molecular complexity index is 1290. The highest BCUT2D eigenvalue weighted by Gasteiger charge is 2.31. The van der Waals surface area contributed by atoms with E-state index in [1.165, 1.54) is 24.1 Å². The summed E-state index contributed by atoms with van der Waals surface area (Å²) in [4.78, 5) is 12.2. The molecule has 3 aromatic rings. The number of carbonyl (C=O) groups is 1. The van der Waals surface area contributed by atoms with E-state index in [-0.39, 0.29) is 16.8 Å². The molecule has 0 saturated heterocycles. The molecule has 1 unspecified atom stereocenters. The van der Waals surface area contributed by atoms with Crippen molar-refractivity contribution >= 4 is 27.3 Å². The van der Waals surface area contributed by atoms with Gasteiger partial charge >= 0.3 is 0 Å². The number of nitrogens with zero attached hydrogens (tertiary/aromatic N) is 2. The van der Waals surface area contributed by atoms with Gasteiger partial charge in [-0.15, -0.1) is 0 Å². The Morgan fingerprint density at radius 3 is 2.24 bits per heavy atom. The fraction of sp³-hybridized carbons (Fsp3) is 0.167. The maximum absolute atomic E-state index is 13.1. The lowest BCUT2D eigenvalue weighted by atomic mass is 9.98. The van der Waals surface area contributed by atoms with Crippen LogP contribution in [0.15, 0.2) is 82.8 Å². The molecule has 170 valence electrons. The van der Waals surface area contributed by atoms with E-state index in [1.54, 1.807) is 31.4 Å². The molecular weight excluding hydrogens is 445 g/mol. The standard InChI is InChI=1S/C24H22FN3O4S/c1-16(29)28-24(18-5-11-21(32-2)12-6-18)15-23(26-28)17-3-9-20(10-4-17)27-33(30,31)22-13-7-19(25)8-14-22/h3-14,24,27H,15H2,1-2H3. The van der Waals surface area contributed by atoms with E-state index in [4.69, 9.17) is 4.74 Å². The lowest BCUT2D eigenvalue weighted by Crippen LogP contribution is -2.24. The number of sulfonamides is 1. The van der Waals surface area contributed by atoms with Gasteiger partial charge in [-0.05, 0) is 59.7 Å². The van der Waals surface area contributed by atoms with E-state index in [9.17, 15) is 17.6 Å². The molecule has 0 aliphatic carbocycles. The molecule has 3 aromatic carbocycles. The Morgan fingerprint density at radius 1 is 1.03 bits per heavy atom. The molecule has 0 radical (unpaired) electrons. The van der Waals surface area contributed by atoms with Gasteiger partial charge in [0.05, 0.1) is 23.8 Å². The minimum atomic E-state index is -3.84. The molecule has 33 heavy (non-hydrogen) atoms. The van der Waals surface area contributed by atoms with E-state index < -0.39 is 15.8 Å². The number of ether oxygens (including phenoxy) is 1. The molecule has 1 aliphatic heterocycles. The molecule has 0 bridgehead atoms. The van der Waals surface area contributed by atoms with Gasteiger partial charge in [0.2, 0.25) is 5.91 Å². The van der Waals surface area contributed by atoms with Gasteiger partial charge in [0.25, 0.3) is 10.0 Å². The number of hydrogen-bond donors (Lipinski definition) is 1. The molecule has 0 spiro atoms. The smallest absolute Gasteiger partial charge is 0.261 e. The average molecular weight is 468 g/mol. The Labute approximate surface area is 191 Å². The number of hydrogen-bond acceptors (Lipinski definition) is 5. The maximum Gasteiger partial charge on any atom is 0.261 e. The molecular formula is C24H22FN3O4S. The van der Waals surface area contributed by atoms with E-state index in [2.05, 4.69) is 9.82 Å². The molecule has 7 nitrogen and oxygen atoms in total. The first-order valence-electron chi connectivity index (χ1n) is 10.2. The molecule has 1 N–H and O–H groups in total. The third-order valence-electron chi connectivity index (χ3n) is 5.33. The van der Waals surface area contributed by atoms with E-state index in [1.807, 2.05) is 24.3 Å². The summed E-state index contributed by atoms with van der Waals surface area (Å²) in [6.07, 6.45) is 0.520. The summed E-state index contributed by atoms with van der Waals surface area (Å²) in [6, 6.07) is 18.6. The number of hydrazone groups is 1. The highest BCUT2D eigenvalue weighted by Crippen LogP contribution is 2.33. The quantitative estimate of drug-likeness (QED) is 0.584. The van der Waals surface area contributed by atoms with Crippen LogP contribution in [0, 0.1) is 5.82 Å². The first-order chi connectivity index (χ1) is 15.8. The van der Waals surface area contributed by atoms with E-state index in [0.29, 0.717) is 12.1 Å². The SMILES string of the molecule is COc1ccc(C2CC(c3ccc(NS(=O)(=O)c4ccc(F)cc4)cc3)=NN2C(C)=O)cc1. The van der Waals surface area contributed by atoms with Crippen molar-refractivity contribution in [1.29, 1.82) is 0 Å². The first-order valence-corrected chi connectivity index (χ1v) is 11.7. The monoisotopic (exact) mass is 467 g/mol. The molecule has 1 amide bonds. The van der Waals surface area contributed by atoms with Crippen molar-refractivity contribution < 1.29 is 22.3 Å². The maximum atomic E-state index is 13.1. The fourth-order valence-electron chi connectivity index (χ4n) is 3.62. The molecule has 9 heteroatoms. The molecule has 1 aliphatic rings. The van der Waals surface area contributed by atoms with E-state index in [0.717, 1.165) is 34.7 Å². The number of amides is 1. The molecule has 0 aromatic heterocycles. The summed E-state index contributed by atoms with van der Waals surface area (Å²) in [5.74, 6) is 0.0450. The van der Waals surface area contributed by atoms with Gasteiger partial charge < -0.3 is 4.74 Å². The number of benzene rings is 3. The van der Waals surface area contributed by atoms with Crippen LogP contribution in [-0.2, 0) is 14.8 Å². The summed E-state index contributed by atoms with van der Waals surface area (Å²) in [7, 11) is -2.25. The molecule has 4 rings (SSSR count). The van der Waals surface area contributed by atoms with Gasteiger partial charge in [0.15, 0.2) is 0 Å². The number of rotatable bonds is 6. The van der Waals surface area contributed by atoms with Crippen molar-refractivity contribution in [1.82, 2.24) is 5.01 Å². The van der Waals surface area contributed by atoms with Crippen LogP contribution in [0.5, 0.6) is 5.75 Å². The third-order valence-corrected chi connectivity index (χ3v) is 6.73. The van der Waals surface area contributed by atoms with Crippen molar-refractivity contribution in [3.05, 3.63) is 89.7 Å². The Morgan fingerprint density at radius 2 is 1.67 bits per heavy atom. The van der Waals surface area contributed by atoms with Gasteiger partial charge in [-0.2, -0.15) is 5.10 Å². The molecule has 1 atom stereocenters. The summed E-state index contributed by atoms with van der Waals surface area (Å²) in [6.45, 7) is 1.47. The molecule has 1 heterocycles. The van der Waals surface area contributed by atoms with Crippen LogP contribution in [0.4, 0.5) is 10.1 Å². The highest BCUT2D eigenvalue weighted by atomic mass is 32.2. The zero-order valence-electron chi connectivity index (χ0n) is 18.0. The van der Waals surface area contributed by atoms with Gasteiger partial charge in [-0.25, -0.2) is 17.8 Å². The largest absolute Gasteiger partial charge is 0.497 e. The molecule has 0 fully saturated rings. The minimum Gasteiger partial charge on any atom is -0.497 e. The predicted molar refractivity (Wildman–Crippen MR) is 123 cm³/mol. The summed E-state index contributed by atoms with van der Waals surface area (Å²) < 4.78 is 45.8. The van der Waals surface area contributed by atoms with Crippen molar-refractivity contribution in [3.8, 4) is 5.75 Å². The van der Waals surface area contributed by atoms with Gasteiger partial charge in [-0.3, -0.25) is 9.52 Å². The first kappa shape index (κ1) is 22.5. The lowest BCUT2D eigenvalue weighted by molar-refractivity contribution is -0.130. The minimum absolute atomic E-state index is 0.0347. The van der Waals surface area contributed by atoms with Crippen molar-refractivity contribution in [3.63, 3.8) is 0 Å². The average Bonchev–Trinajstić information content (AvgIpc) is 3.25. The Hall–Kier alpha value is -3.72. The van der Waals surface area contributed by atoms with Crippen molar-refractivity contribution in [2.24, 2.45) is 5.10 Å². The topological polar surface area (TPSA) is 88.1 Å². The fourth-order valence-corrected chi connectivity index (χ4v) is 4.68. The van der Waals surface area contributed by atoms with Crippen LogP contribution in [0.25, 0.3) is 0 Å². The Kier molecular flexibility index (Phi) is 6.15. The van der Waals surface area contributed by atoms with Crippen LogP contribution < -0.4 is 9.46 Å². The van der Waals surface area contributed by atoms with Gasteiger partial charge in [-0.1, -0.05) is 24.3 Å². The van der Waals surface area contributed by atoms with Gasteiger partial charge in [0, 0.05) is 19.0 Å². The number of carbonyl (C=O) groups excluding carboxylic acids is 1. The second-order valence-electron chi connectivity index (χ2n) is 7.54. The van der Waals surface area contributed by atoms with E-state index >= 15 is 0 Å². The van der Waals surface area contributed by atoms with Crippen molar-refractivity contribution in [2.45, 2.75) is 24.3 Å². The van der Waals surface area contributed by atoms with Crippen LogP contribution >= 0.6 is 0 Å². The highest BCUT2D eigenvalue weighted by molar-refractivity contribution is 7.92. The zero-order valence-corrected chi connectivity index (χ0v) is 18.8. The van der Waals surface area contributed by atoms with Crippen LogP contribution in [0.2, 0.25) is 0 Å². The molecule has 0 saturated carbocycles. The van der Waals surface area contributed by atoms with Crippen LogP contribution in [-0.4, -0.2) is 32.2 Å². The third kappa shape index (κ3) is 4.88. The van der Waals surface area contributed by atoms with Gasteiger partial charge in [0.1, 0.15) is 11.6 Å². The number of nitrogens with one attached hydrogen (secondary N) is 1. The number of halogens is 1. The normalized spacial score (nSPS) is 15.8. The second-order valence-corrected chi connectivity index (χ2v) is 9.22. The lowest BCUT2D eigenvalue weighted by Gasteiger charge is -2.20. The number of methoxy groups -OCH3 is 1. The second kappa shape index (κ2) is 9.03. The summed E-state index contributed by atoms with van der Waals surface area (Å²) in [5, 5.41) is 5.97. The summed E-state index contributed by atoms with van der Waals surface area (Å²) >= 11 is 0. The Balaban J connectivity index is 1.52.